The third-order valence-electron chi connectivity index (χ3n) is 3.95. The SMILES string of the molecule is CCc1ccc(NC(N)=NCCN(C(C)C)C2CC2)cc1. The summed E-state index contributed by atoms with van der Waals surface area (Å²) >= 11 is 0. The largest absolute Gasteiger partial charge is 0.370 e. The van der Waals surface area contributed by atoms with Crippen molar-refractivity contribution >= 4 is 11.6 Å². The van der Waals surface area contributed by atoms with Gasteiger partial charge in [0.1, 0.15) is 0 Å². The summed E-state index contributed by atoms with van der Waals surface area (Å²) in [4.78, 5) is 6.96. The molecule has 116 valence electrons. The maximum Gasteiger partial charge on any atom is 0.193 e. The van der Waals surface area contributed by atoms with Crippen molar-refractivity contribution in [2.45, 2.75) is 52.1 Å². The van der Waals surface area contributed by atoms with Crippen LogP contribution in [-0.4, -0.2) is 36.0 Å². The Hall–Kier alpha value is -1.55. The lowest BCUT2D eigenvalue weighted by Crippen LogP contribution is -2.35. The Kier molecular flexibility index (Phi) is 5.62. The van der Waals surface area contributed by atoms with E-state index in [9.17, 15) is 0 Å². The number of aryl methyl sites for hydroxylation is 1. The third kappa shape index (κ3) is 5.05. The van der Waals surface area contributed by atoms with Gasteiger partial charge in [0.15, 0.2) is 5.96 Å². The minimum absolute atomic E-state index is 0.499. The zero-order chi connectivity index (χ0) is 15.2. The molecule has 4 nitrogen and oxygen atoms in total. The van der Waals surface area contributed by atoms with E-state index in [1.54, 1.807) is 0 Å². The van der Waals surface area contributed by atoms with Crippen LogP contribution in [-0.2, 0) is 6.42 Å². The highest BCUT2D eigenvalue weighted by molar-refractivity contribution is 5.92. The van der Waals surface area contributed by atoms with Crippen LogP contribution in [0.2, 0.25) is 0 Å². The highest BCUT2D eigenvalue weighted by Gasteiger charge is 2.29. The molecular formula is C17H28N4. The fourth-order valence-electron chi connectivity index (χ4n) is 2.57. The van der Waals surface area contributed by atoms with Gasteiger partial charge in [0.05, 0.1) is 6.54 Å². The normalized spacial score (nSPS) is 15.8. The monoisotopic (exact) mass is 288 g/mol. The van der Waals surface area contributed by atoms with E-state index < -0.39 is 0 Å². The first kappa shape index (κ1) is 15.8. The van der Waals surface area contributed by atoms with E-state index in [1.807, 2.05) is 12.1 Å². The summed E-state index contributed by atoms with van der Waals surface area (Å²) < 4.78 is 0. The Bertz CT molecular complexity index is 458. The maximum absolute atomic E-state index is 5.95. The van der Waals surface area contributed by atoms with Crippen LogP contribution >= 0.6 is 0 Å². The molecule has 1 aliphatic carbocycles. The summed E-state index contributed by atoms with van der Waals surface area (Å²) in [5, 5.41) is 3.15. The predicted octanol–water partition coefficient (Wildman–Crippen LogP) is 2.85. The second-order valence-corrected chi connectivity index (χ2v) is 6.01. The summed E-state index contributed by atoms with van der Waals surface area (Å²) in [6, 6.07) is 9.68. The summed E-state index contributed by atoms with van der Waals surface area (Å²) in [6.07, 6.45) is 3.72. The molecule has 2 rings (SSSR count). The standard InChI is InChI=1S/C17H28N4/c1-4-14-5-7-15(8-6-14)20-17(18)19-11-12-21(13(2)3)16-9-10-16/h5-8,13,16H,4,9-12H2,1-3H3,(H3,18,19,20). The van der Waals surface area contributed by atoms with Crippen LogP contribution < -0.4 is 11.1 Å². The van der Waals surface area contributed by atoms with Gasteiger partial charge in [0.25, 0.3) is 0 Å². The van der Waals surface area contributed by atoms with Crippen molar-refractivity contribution in [1.29, 1.82) is 0 Å². The summed E-state index contributed by atoms with van der Waals surface area (Å²) in [5.41, 5.74) is 8.27. The molecule has 1 aromatic rings. The lowest BCUT2D eigenvalue weighted by molar-refractivity contribution is 0.218. The first-order chi connectivity index (χ1) is 10.1. The molecule has 0 aromatic heterocycles. The molecule has 0 atom stereocenters. The minimum atomic E-state index is 0.499. The van der Waals surface area contributed by atoms with Crippen molar-refractivity contribution in [1.82, 2.24) is 4.90 Å². The van der Waals surface area contributed by atoms with Gasteiger partial charge in [-0.2, -0.15) is 0 Å². The first-order valence-electron chi connectivity index (χ1n) is 8.01. The van der Waals surface area contributed by atoms with Gasteiger partial charge in [-0.3, -0.25) is 9.89 Å². The molecule has 21 heavy (non-hydrogen) atoms. The second-order valence-electron chi connectivity index (χ2n) is 6.01. The molecule has 3 N–H and O–H groups in total. The number of anilines is 1. The third-order valence-corrected chi connectivity index (χ3v) is 3.95. The molecule has 1 aromatic carbocycles. The molecule has 0 bridgehead atoms. The number of hydrogen-bond acceptors (Lipinski definition) is 2. The van der Waals surface area contributed by atoms with Crippen LogP contribution in [0.4, 0.5) is 5.69 Å². The van der Waals surface area contributed by atoms with Crippen molar-refractivity contribution in [3.05, 3.63) is 29.8 Å². The average Bonchev–Trinajstić information content (AvgIpc) is 3.28. The zero-order valence-corrected chi connectivity index (χ0v) is 13.5. The van der Waals surface area contributed by atoms with E-state index in [0.717, 1.165) is 31.2 Å². The van der Waals surface area contributed by atoms with Gasteiger partial charge in [-0.1, -0.05) is 19.1 Å². The van der Waals surface area contributed by atoms with Gasteiger partial charge in [-0.05, 0) is 50.8 Å². The number of nitrogens with one attached hydrogen (secondary N) is 1. The van der Waals surface area contributed by atoms with Gasteiger partial charge >= 0.3 is 0 Å². The van der Waals surface area contributed by atoms with E-state index in [0.29, 0.717) is 12.0 Å². The first-order valence-corrected chi connectivity index (χ1v) is 8.01. The van der Waals surface area contributed by atoms with Gasteiger partial charge in [0.2, 0.25) is 0 Å². The molecule has 4 heteroatoms. The number of aliphatic imine (C=N–C) groups is 1. The fraction of sp³-hybridized carbons (Fsp3) is 0.588. The average molecular weight is 288 g/mol. The second kappa shape index (κ2) is 7.46. The molecule has 1 saturated carbocycles. The van der Waals surface area contributed by atoms with E-state index in [4.69, 9.17) is 5.73 Å². The molecule has 0 aliphatic heterocycles. The van der Waals surface area contributed by atoms with Crippen LogP contribution in [0.3, 0.4) is 0 Å². The molecule has 0 amide bonds. The van der Waals surface area contributed by atoms with Crippen molar-refractivity contribution in [2.24, 2.45) is 10.7 Å². The number of hydrogen-bond donors (Lipinski definition) is 2. The predicted molar refractivity (Wildman–Crippen MR) is 90.8 cm³/mol. The number of rotatable bonds is 7. The van der Waals surface area contributed by atoms with Gasteiger partial charge < -0.3 is 11.1 Å². The summed E-state index contributed by atoms with van der Waals surface area (Å²) in [7, 11) is 0. The zero-order valence-electron chi connectivity index (χ0n) is 13.5. The van der Waals surface area contributed by atoms with E-state index in [1.165, 1.54) is 18.4 Å². The lowest BCUT2D eigenvalue weighted by Gasteiger charge is -2.25. The quantitative estimate of drug-likeness (QED) is 0.599. The Morgan fingerprint density at radius 2 is 2.00 bits per heavy atom. The number of nitrogens with zero attached hydrogens (tertiary/aromatic N) is 2. The Morgan fingerprint density at radius 3 is 2.52 bits per heavy atom. The molecule has 0 spiro atoms. The minimum Gasteiger partial charge on any atom is -0.370 e. The van der Waals surface area contributed by atoms with E-state index in [2.05, 4.69) is 48.1 Å². The van der Waals surface area contributed by atoms with Gasteiger partial charge in [0, 0.05) is 24.3 Å². The highest BCUT2D eigenvalue weighted by Crippen LogP contribution is 2.28. The molecule has 1 fully saturated rings. The molecule has 0 radical (unpaired) electrons. The van der Waals surface area contributed by atoms with Crippen LogP contribution in [0.5, 0.6) is 0 Å². The van der Waals surface area contributed by atoms with Crippen LogP contribution in [0.15, 0.2) is 29.3 Å². The smallest absolute Gasteiger partial charge is 0.193 e. The number of benzene rings is 1. The molecule has 0 unspecified atom stereocenters. The Labute approximate surface area is 128 Å². The van der Waals surface area contributed by atoms with Gasteiger partial charge in [-0.25, -0.2) is 0 Å². The fourth-order valence-corrected chi connectivity index (χ4v) is 2.57. The lowest BCUT2D eigenvalue weighted by atomic mass is 10.1. The topological polar surface area (TPSA) is 53.6 Å². The Balaban J connectivity index is 1.80. The molecule has 1 aliphatic rings. The molecule has 0 saturated heterocycles. The van der Waals surface area contributed by atoms with Crippen molar-refractivity contribution in [3.8, 4) is 0 Å². The van der Waals surface area contributed by atoms with E-state index in [-0.39, 0.29) is 0 Å². The highest BCUT2D eigenvalue weighted by atomic mass is 15.2. The van der Waals surface area contributed by atoms with Crippen molar-refractivity contribution < 1.29 is 0 Å². The molecular weight excluding hydrogens is 260 g/mol. The van der Waals surface area contributed by atoms with Crippen LogP contribution in [0.1, 0.15) is 39.2 Å². The number of nitrogens with two attached hydrogens (primary N) is 1. The molecule has 0 heterocycles. The van der Waals surface area contributed by atoms with Crippen LogP contribution in [0, 0.1) is 0 Å². The Morgan fingerprint density at radius 1 is 1.33 bits per heavy atom. The summed E-state index contributed by atoms with van der Waals surface area (Å²) in [6.45, 7) is 8.39. The number of guanidine groups is 1. The maximum atomic E-state index is 5.95. The van der Waals surface area contributed by atoms with Crippen molar-refractivity contribution in [2.75, 3.05) is 18.4 Å². The van der Waals surface area contributed by atoms with E-state index >= 15 is 0 Å². The van der Waals surface area contributed by atoms with Crippen LogP contribution in [0.25, 0.3) is 0 Å². The summed E-state index contributed by atoms with van der Waals surface area (Å²) in [5.74, 6) is 0.499. The van der Waals surface area contributed by atoms with Gasteiger partial charge in [-0.15, -0.1) is 0 Å². The van der Waals surface area contributed by atoms with Crippen molar-refractivity contribution in [3.63, 3.8) is 0 Å².